The van der Waals surface area contributed by atoms with Gasteiger partial charge in [-0.1, -0.05) is 13.0 Å². The van der Waals surface area contributed by atoms with Gasteiger partial charge in [0.2, 0.25) is 11.8 Å². The molecule has 1 saturated carbocycles. The van der Waals surface area contributed by atoms with E-state index in [9.17, 15) is 9.59 Å². The molecular formula is C15H19IN2O2. The molecule has 0 aromatic heterocycles. The van der Waals surface area contributed by atoms with Gasteiger partial charge >= 0.3 is 0 Å². The number of carbonyl (C=O) groups is 2. The van der Waals surface area contributed by atoms with Gasteiger partial charge in [-0.3, -0.25) is 9.59 Å². The van der Waals surface area contributed by atoms with Gasteiger partial charge in [0.15, 0.2) is 0 Å². The number of aryl methyl sites for hydroxylation is 1. The van der Waals surface area contributed by atoms with Gasteiger partial charge in [-0.25, -0.2) is 0 Å². The first-order valence-electron chi connectivity index (χ1n) is 6.81. The molecule has 2 atom stereocenters. The summed E-state index contributed by atoms with van der Waals surface area (Å²) in [4.78, 5) is 23.4. The summed E-state index contributed by atoms with van der Waals surface area (Å²) in [6.45, 7) is 4.49. The fourth-order valence-corrected chi connectivity index (χ4v) is 2.53. The summed E-state index contributed by atoms with van der Waals surface area (Å²) in [7, 11) is 0. The molecule has 2 rings (SSSR count). The lowest BCUT2D eigenvalue weighted by Crippen LogP contribution is -2.29. The van der Waals surface area contributed by atoms with Crippen LogP contribution in [0.1, 0.15) is 25.3 Å². The molecule has 2 amide bonds. The molecule has 1 aliphatic rings. The summed E-state index contributed by atoms with van der Waals surface area (Å²) < 4.78 is 1.12. The Labute approximate surface area is 132 Å². The summed E-state index contributed by atoms with van der Waals surface area (Å²) in [5.74, 6) is 0.666. The first-order chi connectivity index (χ1) is 9.47. The van der Waals surface area contributed by atoms with Gasteiger partial charge in [-0.2, -0.15) is 0 Å². The van der Waals surface area contributed by atoms with Crippen molar-refractivity contribution in [1.29, 1.82) is 0 Å². The van der Waals surface area contributed by atoms with E-state index in [-0.39, 0.29) is 17.7 Å². The molecule has 1 aromatic rings. The number of nitrogens with one attached hydrogen (secondary N) is 2. The van der Waals surface area contributed by atoms with Crippen molar-refractivity contribution in [2.45, 2.75) is 26.7 Å². The summed E-state index contributed by atoms with van der Waals surface area (Å²) in [5.41, 5.74) is 1.99. The first kappa shape index (κ1) is 15.3. The lowest BCUT2D eigenvalue weighted by atomic mass is 10.2. The Morgan fingerprint density at radius 2 is 2.10 bits per heavy atom. The zero-order chi connectivity index (χ0) is 14.7. The van der Waals surface area contributed by atoms with E-state index in [1.165, 1.54) is 5.56 Å². The highest BCUT2D eigenvalue weighted by atomic mass is 127. The van der Waals surface area contributed by atoms with Gasteiger partial charge in [0.1, 0.15) is 0 Å². The zero-order valence-corrected chi connectivity index (χ0v) is 13.9. The molecule has 5 heteroatoms. The van der Waals surface area contributed by atoms with Crippen molar-refractivity contribution >= 4 is 40.1 Å². The number of hydrogen-bond donors (Lipinski definition) is 2. The molecule has 0 aliphatic heterocycles. The highest BCUT2D eigenvalue weighted by Gasteiger charge is 2.38. The minimum atomic E-state index is -0.0752. The van der Waals surface area contributed by atoms with Crippen molar-refractivity contribution in [1.82, 2.24) is 5.32 Å². The number of halogens is 1. The lowest BCUT2D eigenvalue weighted by molar-refractivity contribution is -0.122. The van der Waals surface area contributed by atoms with Gasteiger partial charge in [0.05, 0.1) is 0 Å². The van der Waals surface area contributed by atoms with E-state index in [0.29, 0.717) is 18.9 Å². The van der Waals surface area contributed by atoms with Crippen LogP contribution in [0.25, 0.3) is 0 Å². The van der Waals surface area contributed by atoms with Crippen LogP contribution < -0.4 is 10.6 Å². The van der Waals surface area contributed by atoms with Crippen LogP contribution in [0, 0.1) is 22.3 Å². The molecule has 20 heavy (non-hydrogen) atoms. The highest BCUT2D eigenvalue weighted by molar-refractivity contribution is 14.1. The summed E-state index contributed by atoms with van der Waals surface area (Å²) in [6, 6.07) is 5.81. The Morgan fingerprint density at radius 1 is 1.40 bits per heavy atom. The number of anilines is 1. The molecule has 4 nitrogen and oxygen atoms in total. The molecule has 0 spiro atoms. The Morgan fingerprint density at radius 3 is 2.70 bits per heavy atom. The molecule has 108 valence electrons. The molecule has 1 fully saturated rings. The van der Waals surface area contributed by atoms with Crippen LogP contribution in [0.2, 0.25) is 0 Å². The van der Waals surface area contributed by atoms with Crippen LogP contribution in [0.15, 0.2) is 18.2 Å². The predicted octanol–water partition coefficient (Wildman–Crippen LogP) is 2.70. The summed E-state index contributed by atoms with van der Waals surface area (Å²) >= 11 is 2.24. The Hall–Kier alpha value is -1.11. The van der Waals surface area contributed by atoms with Crippen molar-refractivity contribution in [2.75, 3.05) is 11.9 Å². The molecule has 1 aliphatic carbocycles. The van der Waals surface area contributed by atoms with E-state index in [4.69, 9.17) is 0 Å². The van der Waals surface area contributed by atoms with Crippen LogP contribution in [0.5, 0.6) is 0 Å². The quantitative estimate of drug-likeness (QED) is 0.765. The Balaban J connectivity index is 1.72. The minimum Gasteiger partial charge on any atom is -0.355 e. The molecule has 0 bridgehead atoms. The van der Waals surface area contributed by atoms with Crippen molar-refractivity contribution in [3.05, 3.63) is 27.3 Å². The first-order valence-corrected chi connectivity index (χ1v) is 7.89. The second-order valence-electron chi connectivity index (χ2n) is 5.37. The maximum atomic E-state index is 11.8. The van der Waals surface area contributed by atoms with E-state index in [0.717, 1.165) is 15.7 Å². The zero-order valence-electron chi connectivity index (χ0n) is 11.7. The number of amides is 2. The van der Waals surface area contributed by atoms with Crippen LogP contribution in [-0.4, -0.2) is 18.4 Å². The molecule has 0 saturated heterocycles. The number of hydrogen-bond acceptors (Lipinski definition) is 2. The minimum absolute atomic E-state index is 0.0752. The van der Waals surface area contributed by atoms with Crippen LogP contribution >= 0.6 is 22.6 Å². The predicted molar refractivity (Wildman–Crippen MR) is 87.4 cm³/mol. The van der Waals surface area contributed by atoms with Gasteiger partial charge in [0.25, 0.3) is 0 Å². The Bertz CT molecular complexity index is 531. The number of carbonyl (C=O) groups excluding carboxylic acids is 2. The summed E-state index contributed by atoms with van der Waals surface area (Å²) in [6.07, 6.45) is 1.27. The standard InChI is InChI=1S/C15H19IN2O2/c1-9-3-4-11(8-13(9)16)18-14(19)5-6-17-15(20)12-7-10(12)2/h3-4,8,10,12H,5-7H2,1-2H3,(H,17,20)(H,18,19)/t10-,12-/m1/s1. The third kappa shape index (κ3) is 4.19. The van der Waals surface area contributed by atoms with E-state index in [2.05, 4.69) is 40.1 Å². The fourth-order valence-electron chi connectivity index (χ4n) is 2.01. The van der Waals surface area contributed by atoms with Crippen LogP contribution in [-0.2, 0) is 9.59 Å². The van der Waals surface area contributed by atoms with Crippen molar-refractivity contribution in [3.8, 4) is 0 Å². The average molecular weight is 386 g/mol. The average Bonchev–Trinajstić information content (AvgIpc) is 3.11. The van der Waals surface area contributed by atoms with Gasteiger partial charge in [-0.15, -0.1) is 0 Å². The second kappa shape index (κ2) is 6.56. The van der Waals surface area contributed by atoms with E-state index >= 15 is 0 Å². The van der Waals surface area contributed by atoms with Crippen molar-refractivity contribution in [2.24, 2.45) is 11.8 Å². The van der Waals surface area contributed by atoms with Gasteiger partial charge in [0, 0.05) is 28.1 Å². The third-order valence-electron chi connectivity index (χ3n) is 3.55. The van der Waals surface area contributed by atoms with Crippen LogP contribution in [0.4, 0.5) is 5.69 Å². The largest absolute Gasteiger partial charge is 0.355 e. The maximum absolute atomic E-state index is 11.8. The van der Waals surface area contributed by atoms with Gasteiger partial charge < -0.3 is 10.6 Å². The van der Waals surface area contributed by atoms with Crippen molar-refractivity contribution in [3.63, 3.8) is 0 Å². The monoisotopic (exact) mass is 386 g/mol. The van der Waals surface area contributed by atoms with Crippen LogP contribution in [0.3, 0.4) is 0 Å². The number of benzene rings is 1. The molecule has 0 radical (unpaired) electrons. The molecule has 0 heterocycles. The third-order valence-corrected chi connectivity index (χ3v) is 4.72. The lowest BCUT2D eigenvalue weighted by Gasteiger charge is -2.08. The number of rotatable bonds is 5. The van der Waals surface area contributed by atoms with E-state index in [1.807, 2.05) is 25.1 Å². The Kier molecular flexibility index (Phi) is 5.01. The topological polar surface area (TPSA) is 58.2 Å². The van der Waals surface area contributed by atoms with E-state index < -0.39 is 0 Å². The van der Waals surface area contributed by atoms with E-state index in [1.54, 1.807) is 0 Å². The second-order valence-corrected chi connectivity index (χ2v) is 6.53. The smallest absolute Gasteiger partial charge is 0.226 e. The highest BCUT2D eigenvalue weighted by Crippen LogP contribution is 2.37. The maximum Gasteiger partial charge on any atom is 0.226 e. The van der Waals surface area contributed by atoms with Gasteiger partial charge in [-0.05, 0) is 59.5 Å². The molecule has 2 N–H and O–H groups in total. The molecular weight excluding hydrogens is 367 g/mol. The van der Waals surface area contributed by atoms with Crippen molar-refractivity contribution < 1.29 is 9.59 Å². The normalized spacial score (nSPS) is 20.4. The summed E-state index contributed by atoms with van der Waals surface area (Å²) in [5, 5.41) is 5.65. The SMILES string of the molecule is Cc1ccc(NC(=O)CCNC(=O)[C@@H]2C[C@H]2C)cc1I. The fraction of sp³-hybridized carbons (Fsp3) is 0.467. The molecule has 1 aromatic carbocycles. The molecule has 0 unspecified atom stereocenters.